The van der Waals surface area contributed by atoms with Gasteiger partial charge in [-0.3, -0.25) is 14.9 Å². The minimum Gasteiger partial charge on any atom is -0.349 e. The van der Waals surface area contributed by atoms with E-state index in [1.807, 2.05) is 6.92 Å². The van der Waals surface area contributed by atoms with Crippen LogP contribution in [0.2, 0.25) is 0 Å². The molecule has 0 radical (unpaired) electrons. The number of amides is 1. The molecule has 2 rings (SSSR count). The third kappa shape index (κ3) is 3.56. The third-order valence-corrected chi connectivity index (χ3v) is 4.40. The van der Waals surface area contributed by atoms with Crippen LogP contribution in [0.3, 0.4) is 0 Å². The molecule has 0 heterocycles. The maximum Gasteiger partial charge on any atom is 0.284 e. The molecule has 1 fully saturated rings. The Kier molecular flexibility index (Phi) is 4.75. The molecule has 6 heteroatoms. The Balaban J connectivity index is 2.11. The average molecular weight is 341 g/mol. The molecular formula is C14H17BrN2O3. The summed E-state index contributed by atoms with van der Waals surface area (Å²) in [4.78, 5) is 22.6. The summed E-state index contributed by atoms with van der Waals surface area (Å²) in [7, 11) is 0. The van der Waals surface area contributed by atoms with Gasteiger partial charge in [-0.1, -0.05) is 25.8 Å². The summed E-state index contributed by atoms with van der Waals surface area (Å²) in [6.07, 6.45) is 4.35. The van der Waals surface area contributed by atoms with Gasteiger partial charge < -0.3 is 5.32 Å². The zero-order chi connectivity index (χ0) is 14.7. The molecule has 108 valence electrons. The third-order valence-electron chi connectivity index (χ3n) is 3.56. The van der Waals surface area contributed by atoms with Crippen molar-refractivity contribution in [1.29, 1.82) is 0 Å². The van der Waals surface area contributed by atoms with E-state index in [1.54, 1.807) is 6.07 Å². The summed E-state index contributed by atoms with van der Waals surface area (Å²) < 4.78 is 0.240. The molecule has 1 atom stereocenters. The number of benzene rings is 1. The highest BCUT2D eigenvalue weighted by atomic mass is 79.9. The second-order valence-electron chi connectivity index (χ2n) is 5.15. The minimum absolute atomic E-state index is 0.0899. The molecule has 1 aliphatic rings. The van der Waals surface area contributed by atoms with Gasteiger partial charge in [-0.2, -0.15) is 0 Å². The molecule has 0 aliphatic heterocycles. The number of nitro benzene ring substituents is 1. The van der Waals surface area contributed by atoms with E-state index < -0.39 is 4.92 Å². The van der Waals surface area contributed by atoms with Crippen molar-refractivity contribution < 1.29 is 9.72 Å². The number of halogens is 1. The Morgan fingerprint density at radius 3 is 2.80 bits per heavy atom. The predicted molar refractivity (Wildman–Crippen MR) is 79.7 cm³/mol. The number of hydrogen-bond donors (Lipinski definition) is 1. The van der Waals surface area contributed by atoms with Gasteiger partial charge in [-0.15, -0.1) is 0 Å². The van der Waals surface area contributed by atoms with Crippen LogP contribution in [0.1, 0.15) is 43.0 Å². The van der Waals surface area contributed by atoms with Gasteiger partial charge in [0.25, 0.3) is 11.6 Å². The highest BCUT2D eigenvalue weighted by molar-refractivity contribution is 9.10. The maximum absolute atomic E-state index is 12.2. The monoisotopic (exact) mass is 340 g/mol. The molecule has 0 aromatic heterocycles. The molecule has 1 aromatic rings. The molecule has 1 unspecified atom stereocenters. The lowest BCUT2D eigenvalue weighted by molar-refractivity contribution is -0.385. The lowest BCUT2D eigenvalue weighted by Gasteiger charge is -2.17. The molecule has 0 spiro atoms. The summed E-state index contributed by atoms with van der Waals surface area (Å²) in [6.45, 7) is 2.04. The van der Waals surface area contributed by atoms with E-state index in [0.717, 1.165) is 18.8 Å². The zero-order valence-corrected chi connectivity index (χ0v) is 12.9. The molecule has 1 aliphatic carbocycles. The molecule has 0 saturated heterocycles. The molecule has 1 aromatic carbocycles. The second-order valence-corrected chi connectivity index (χ2v) is 5.95. The topological polar surface area (TPSA) is 72.2 Å². The van der Waals surface area contributed by atoms with Gasteiger partial charge in [0.1, 0.15) is 4.47 Å². The molecule has 1 amide bonds. The Labute approximate surface area is 126 Å². The fourth-order valence-electron chi connectivity index (χ4n) is 2.18. The quantitative estimate of drug-likeness (QED) is 0.634. The van der Waals surface area contributed by atoms with Crippen LogP contribution >= 0.6 is 15.9 Å². The Morgan fingerprint density at radius 1 is 1.55 bits per heavy atom. The molecule has 5 nitrogen and oxygen atoms in total. The number of rotatable bonds is 6. The minimum atomic E-state index is -0.498. The van der Waals surface area contributed by atoms with Crippen molar-refractivity contribution in [1.82, 2.24) is 5.32 Å². The van der Waals surface area contributed by atoms with Crippen molar-refractivity contribution in [3.05, 3.63) is 38.3 Å². The van der Waals surface area contributed by atoms with Gasteiger partial charge in [0.05, 0.1) is 10.5 Å². The van der Waals surface area contributed by atoms with Crippen LogP contribution in [0.25, 0.3) is 0 Å². The summed E-state index contributed by atoms with van der Waals surface area (Å²) in [6, 6.07) is 4.64. The van der Waals surface area contributed by atoms with Gasteiger partial charge in [-0.25, -0.2) is 0 Å². The van der Waals surface area contributed by atoms with Gasteiger partial charge in [-0.05, 0) is 40.8 Å². The van der Waals surface area contributed by atoms with E-state index in [9.17, 15) is 14.9 Å². The predicted octanol–water partition coefficient (Wildman–Crippen LogP) is 3.67. The molecule has 20 heavy (non-hydrogen) atoms. The summed E-state index contributed by atoms with van der Waals surface area (Å²) >= 11 is 3.15. The molecule has 1 N–H and O–H groups in total. The van der Waals surface area contributed by atoms with Crippen molar-refractivity contribution in [3.63, 3.8) is 0 Å². The van der Waals surface area contributed by atoms with Crippen LogP contribution in [0.4, 0.5) is 5.69 Å². The van der Waals surface area contributed by atoms with E-state index in [2.05, 4.69) is 21.2 Å². The lowest BCUT2D eigenvalue weighted by atomic mass is 10.1. The number of carbonyl (C=O) groups is 1. The highest BCUT2D eigenvalue weighted by Gasteiger charge is 2.26. The van der Waals surface area contributed by atoms with Crippen LogP contribution in [-0.2, 0) is 0 Å². The smallest absolute Gasteiger partial charge is 0.284 e. The van der Waals surface area contributed by atoms with E-state index in [-0.39, 0.29) is 22.1 Å². The summed E-state index contributed by atoms with van der Waals surface area (Å²) in [5.74, 6) is 0.474. The van der Waals surface area contributed by atoms with Crippen molar-refractivity contribution >= 4 is 27.5 Å². The lowest BCUT2D eigenvalue weighted by Crippen LogP contribution is -2.35. The summed E-state index contributed by atoms with van der Waals surface area (Å²) in [5, 5.41) is 13.8. The fraction of sp³-hybridized carbons (Fsp3) is 0.500. The van der Waals surface area contributed by atoms with Crippen molar-refractivity contribution in [3.8, 4) is 0 Å². The number of hydrogen-bond acceptors (Lipinski definition) is 3. The average Bonchev–Trinajstić information content (AvgIpc) is 3.21. The maximum atomic E-state index is 12.2. The first-order valence-corrected chi connectivity index (χ1v) is 7.56. The van der Waals surface area contributed by atoms with Crippen molar-refractivity contribution in [2.75, 3.05) is 0 Å². The molecule has 1 saturated carbocycles. The Hall–Kier alpha value is -1.43. The summed E-state index contributed by atoms with van der Waals surface area (Å²) in [5.41, 5.74) is 0.223. The van der Waals surface area contributed by atoms with Gasteiger partial charge in [0.15, 0.2) is 0 Å². The molecule has 0 bridgehead atoms. The largest absolute Gasteiger partial charge is 0.349 e. The first kappa shape index (κ1) is 15.0. The number of nitro groups is 1. The van der Waals surface area contributed by atoms with E-state index in [0.29, 0.717) is 5.56 Å². The van der Waals surface area contributed by atoms with Crippen molar-refractivity contribution in [2.24, 2.45) is 5.92 Å². The number of nitrogens with zero attached hydrogens (tertiary/aromatic N) is 1. The normalized spacial score (nSPS) is 15.7. The first-order valence-electron chi connectivity index (χ1n) is 6.76. The van der Waals surface area contributed by atoms with E-state index in [1.165, 1.54) is 25.0 Å². The number of carbonyl (C=O) groups excluding carboxylic acids is 1. The highest BCUT2D eigenvalue weighted by Crippen LogP contribution is 2.34. The SMILES string of the molecule is CCC(CC1CC1)NC(=O)c1cccc([N+](=O)[O-])c1Br. The van der Waals surface area contributed by atoms with Crippen LogP contribution in [0.15, 0.2) is 22.7 Å². The fourth-order valence-corrected chi connectivity index (χ4v) is 2.77. The van der Waals surface area contributed by atoms with E-state index in [4.69, 9.17) is 0 Å². The Morgan fingerprint density at radius 2 is 2.25 bits per heavy atom. The van der Waals surface area contributed by atoms with Crippen molar-refractivity contribution in [2.45, 2.75) is 38.6 Å². The van der Waals surface area contributed by atoms with Gasteiger partial charge >= 0.3 is 0 Å². The van der Waals surface area contributed by atoms with Crippen LogP contribution < -0.4 is 5.32 Å². The van der Waals surface area contributed by atoms with Gasteiger partial charge in [0.2, 0.25) is 0 Å². The first-order chi connectivity index (χ1) is 9.52. The second kappa shape index (κ2) is 6.35. The number of nitrogens with one attached hydrogen (secondary N) is 1. The van der Waals surface area contributed by atoms with Crippen LogP contribution in [0, 0.1) is 16.0 Å². The van der Waals surface area contributed by atoms with Crippen LogP contribution in [0.5, 0.6) is 0 Å². The molecular weight excluding hydrogens is 324 g/mol. The zero-order valence-electron chi connectivity index (χ0n) is 11.3. The Bertz CT molecular complexity index is 529. The van der Waals surface area contributed by atoms with Gasteiger partial charge in [0, 0.05) is 12.1 Å². The standard InChI is InChI=1S/C14H17BrN2O3/c1-2-10(8-9-6-7-9)16-14(18)11-4-3-5-12(13(11)15)17(19)20/h3-5,9-10H,2,6-8H2,1H3,(H,16,18). The van der Waals surface area contributed by atoms with Crippen LogP contribution in [-0.4, -0.2) is 16.9 Å². The van der Waals surface area contributed by atoms with E-state index >= 15 is 0 Å².